The van der Waals surface area contributed by atoms with Crippen LogP contribution in [-0.2, 0) is 19.9 Å². The molecule has 0 spiro atoms. The normalized spacial score (nSPS) is 17.0. The Hall–Kier alpha value is -1.19. The average molecular weight is 393 g/mol. The first kappa shape index (κ1) is 17.2. The second-order valence-electron chi connectivity index (χ2n) is 5.99. The predicted molar refractivity (Wildman–Crippen MR) is 82.9 cm³/mol. The highest BCUT2D eigenvalue weighted by molar-refractivity contribution is 9.10. The maximum atomic E-state index is 12.0. The van der Waals surface area contributed by atoms with Crippen molar-refractivity contribution in [3.63, 3.8) is 0 Å². The molecular formula is C13H17BrN2O5S. The van der Waals surface area contributed by atoms with Crippen LogP contribution < -0.4 is 0 Å². The highest BCUT2D eigenvalue weighted by Crippen LogP contribution is 2.39. The van der Waals surface area contributed by atoms with E-state index in [1.807, 2.05) is 0 Å². The van der Waals surface area contributed by atoms with E-state index in [2.05, 4.69) is 20.9 Å². The fraction of sp³-hybridized carbons (Fsp3) is 0.615. The quantitative estimate of drug-likeness (QED) is 0.846. The van der Waals surface area contributed by atoms with Crippen LogP contribution in [0.5, 0.6) is 0 Å². The maximum absolute atomic E-state index is 12.0. The van der Waals surface area contributed by atoms with Crippen LogP contribution in [0, 0.1) is 0 Å². The summed E-state index contributed by atoms with van der Waals surface area (Å²) in [5, 5.41) is 11.2. The lowest BCUT2D eigenvalue weighted by molar-refractivity contribution is -0.170. The Morgan fingerprint density at radius 1 is 1.50 bits per heavy atom. The van der Waals surface area contributed by atoms with E-state index >= 15 is 0 Å². The molecule has 1 aliphatic heterocycles. The number of halogens is 1. The minimum Gasteiger partial charge on any atom is -0.480 e. The molecule has 0 bridgehead atoms. The van der Waals surface area contributed by atoms with E-state index in [4.69, 9.17) is 14.6 Å². The summed E-state index contributed by atoms with van der Waals surface area (Å²) in [7, 11) is 0. The smallest absolute Gasteiger partial charge is 0.410 e. The molecule has 2 rings (SSSR count). The highest BCUT2D eigenvalue weighted by atomic mass is 79.9. The molecule has 0 radical (unpaired) electrons. The molecule has 0 aromatic carbocycles. The molecule has 7 nitrogen and oxygen atoms in total. The van der Waals surface area contributed by atoms with E-state index in [1.165, 1.54) is 16.2 Å². The van der Waals surface area contributed by atoms with Crippen molar-refractivity contribution in [3.8, 4) is 0 Å². The number of hydrogen-bond donors (Lipinski definition) is 1. The van der Waals surface area contributed by atoms with E-state index in [0.717, 1.165) is 0 Å². The zero-order valence-electron chi connectivity index (χ0n) is 12.5. The topological polar surface area (TPSA) is 89.0 Å². The summed E-state index contributed by atoms with van der Waals surface area (Å²) < 4.78 is 11.5. The number of rotatable bonds is 4. The molecule has 2 heterocycles. The van der Waals surface area contributed by atoms with Gasteiger partial charge in [-0.3, -0.25) is 0 Å². The maximum Gasteiger partial charge on any atom is 0.410 e. The predicted octanol–water partition coefficient (Wildman–Crippen LogP) is 2.45. The molecule has 1 fully saturated rings. The van der Waals surface area contributed by atoms with E-state index in [9.17, 15) is 9.59 Å². The van der Waals surface area contributed by atoms with Crippen LogP contribution in [0.2, 0.25) is 0 Å². The van der Waals surface area contributed by atoms with Crippen LogP contribution in [0.25, 0.3) is 0 Å². The van der Waals surface area contributed by atoms with Gasteiger partial charge in [0.05, 0.1) is 13.1 Å². The molecule has 0 unspecified atom stereocenters. The van der Waals surface area contributed by atoms with Gasteiger partial charge in [-0.2, -0.15) is 0 Å². The molecular weight excluding hydrogens is 376 g/mol. The molecule has 9 heteroatoms. The Kier molecular flexibility index (Phi) is 4.78. The number of amides is 1. The highest BCUT2D eigenvalue weighted by Gasteiger charge is 2.51. The third-order valence-corrected chi connectivity index (χ3v) is 4.62. The van der Waals surface area contributed by atoms with Gasteiger partial charge >= 0.3 is 12.1 Å². The van der Waals surface area contributed by atoms with Gasteiger partial charge in [-0.15, -0.1) is 11.3 Å². The van der Waals surface area contributed by atoms with Crippen molar-refractivity contribution in [1.82, 2.24) is 9.88 Å². The van der Waals surface area contributed by atoms with Crippen molar-refractivity contribution in [2.75, 3.05) is 19.7 Å². The van der Waals surface area contributed by atoms with Gasteiger partial charge in [0.25, 0.3) is 0 Å². The van der Waals surface area contributed by atoms with Gasteiger partial charge in [-0.25, -0.2) is 14.6 Å². The van der Waals surface area contributed by atoms with Crippen LogP contribution in [-0.4, -0.2) is 52.4 Å². The van der Waals surface area contributed by atoms with Crippen molar-refractivity contribution in [3.05, 3.63) is 15.0 Å². The lowest BCUT2D eigenvalue weighted by Crippen LogP contribution is -2.63. The van der Waals surface area contributed by atoms with Crippen molar-refractivity contribution < 1.29 is 24.2 Å². The Bertz CT molecular complexity index is 577. The van der Waals surface area contributed by atoms with Crippen LogP contribution in [0.15, 0.2) is 9.98 Å². The Balaban J connectivity index is 2.08. The lowest BCUT2D eigenvalue weighted by Gasteiger charge is -2.47. The second-order valence-corrected chi connectivity index (χ2v) is 7.66. The van der Waals surface area contributed by atoms with E-state index in [0.29, 0.717) is 9.61 Å². The first-order valence-electron chi connectivity index (χ1n) is 6.56. The summed E-state index contributed by atoms with van der Waals surface area (Å²) in [4.78, 5) is 28.5. The zero-order chi connectivity index (χ0) is 16.5. The number of hydrogen-bond acceptors (Lipinski definition) is 6. The summed E-state index contributed by atoms with van der Waals surface area (Å²) in [6.07, 6.45) is -0.447. The number of ether oxygens (including phenoxy) is 2. The van der Waals surface area contributed by atoms with Crippen molar-refractivity contribution in [1.29, 1.82) is 0 Å². The van der Waals surface area contributed by atoms with E-state index < -0.39 is 29.9 Å². The zero-order valence-corrected chi connectivity index (χ0v) is 14.9. The molecule has 22 heavy (non-hydrogen) atoms. The lowest BCUT2D eigenvalue weighted by atomic mass is 9.95. The van der Waals surface area contributed by atoms with Crippen LogP contribution in [0.3, 0.4) is 0 Å². The molecule has 1 amide bonds. The van der Waals surface area contributed by atoms with Crippen molar-refractivity contribution in [2.45, 2.75) is 32.0 Å². The SMILES string of the molecule is CC(C)(C)OC(=O)N1CC(OCC(=O)O)(c2nc(Br)cs2)C1. The number of nitrogens with zero attached hydrogens (tertiary/aromatic N) is 2. The summed E-state index contributed by atoms with van der Waals surface area (Å²) in [6, 6.07) is 0. The number of carboxylic acid groups (broad SMARTS) is 1. The number of thiazole rings is 1. The molecule has 0 saturated carbocycles. The first-order chi connectivity index (χ1) is 10.1. The summed E-state index contributed by atoms with van der Waals surface area (Å²) in [5.74, 6) is -1.06. The number of aromatic nitrogens is 1. The Morgan fingerprint density at radius 2 is 2.14 bits per heavy atom. The summed E-state index contributed by atoms with van der Waals surface area (Å²) in [6.45, 7) is 5.36. The molecule has 1 aromatic heterocycles. The monoisotopic (exact) mass is 392 g/mol. The molecule has 1 aliphatic rings. The average Bonchev–Trinajstić information content (AvgIpc) is 2.72. The Morgan fingerprint density at radius 3 is 2.59 bits per heavy atom. The fourth-order valence-corrected chi connectivity index (χ4v) is 3.37. The number of carbonyl (C=O) groups excluding carboxylic acids is 1. The second kappa shape index (κ2) is 6.13. The summed E-state index contributed by atoms with van der Waals surface area (Å²) in [5.41, 5.74) is -1.46. The van der Waals surface area contributed by atoms with Crippen LogP contribution in [0.1, 0.15) is 25.8 Å². The van der Waals surface area contributed by atoms with Gasteiger partial charge in [-0.05, 0) is 36.7 Å². The van der Waals surface area contributed by atoms with Gasteiger partial charge in [0.15, 0.2) is 5.60 Å². The summed E-state index contributed by atoms with van der Waals surface area (Å²) >= 11 is 4.62. The molecule has 122 valence electrons. The molecule has 1 saturated heterocycles. The van der Waals surface area contributed by atoms with Crippen molar-refractivity contribution >= 4 is 39.3 Å². The first-order valence-corrected chi connectivity index (χ1v) is 8.24. The molecule has 1 aromatic rings. The Labute approximate surface area is 140 Å². The van der Waals surface area contributed by atoms with Gasteiger partial charge in [-0.1, -0.05) is 0 Å². The van der Waals surface area contributed by atoms with Crippen LogP contribution in [0.4, 0.5) is 4.79 Å². The minimum atomic E-state index is -1.06. The third kappa shape index (κ3) is 3.96. The van der Waals surface area contributed by atoms with Gasteiger partial charge < -0.3 is 19.5 Å². The number of carboxylic acids is 1. The fourth-order valence-electron chi connectivity index (χ4n) is 1.98. The molecule has 0 aliphatic carbocycles. The number of likely N-dealkylation sites (tertiary alicyclic amines) is 1. The van der Waals surface area contributed by atoms with Crippen molar-refractivity contribution in [2.24, 2.45) is 0 Å². The van der Waals surface area contributed by atoms with E-state index in [1.54, 1.807) is 26.2 Å². The minimum absolute atomic E-state index is 0.217. The van der Waals surface area contributed by atoms with E-state index in [-0.39, 0.29) is 13.1 Å². The molecule has 1 N–H and O–H groups in total. The molecule has 0 atom stereocenters. The van der Waals surface area contributed by atoms with Gasteiger partial charge in [0, 0.05) is 5.38 Å². The number of aliphatic carboxylic acids is 1. The van der Waals surface area contributed by atoms with Crippen LogP contribution >= 0.6 is 27.3 Å². The van der Waals surface area contributed by atoms with Gasteiger partial charge in [0.2, 0.25) is 0 Å². The third-order valence-electron chi connectivity index (χ3n) is 2.88. The van der Waals surface area contributed by atoms with Gasteiger partial charge in [0.1, 0.15) is 21.8 Å². The largest absolute Gasteiger partial charge is 0.480 e. The standard InChI is InChI=1S/C13H17BrN2O5S/c1-12(2,3)21-11(19)16-6-13(7-16,20-4-9(17)18)10-15-8(14)5-22-10/h5H,4,6-7H2,1-3H3,(H,17,18). The number of carbonyl (C=O) groups is 2.